The highest BCUT2D eigenvalue weighted by Gasteiger charge is 2.19. The van der Waals surface area contributed by atoms with Crippen molar-refractivity contribution in [2.24, 2.45) is 0 Å². The van der Waals surface area contributed by atoms with Crippen LogP contribution in [-0.2, 0) is 0 Å². The van der Waals surface area contributed by atoms with E-state index in [1.807, 2.05) is 24.3 Å². The fourth-order valence-corrected chi connectivity index (χ4v) is 3.59. The van der Waals surface area contributed by atoms with Crippen molar-refractivity contribution in [3.8, 4) is 0 Å². The third-order valence-electron chi connectivity index (χ3n) is 4.49. The third-order valence-corrected chi connectivity index (χ3v) is 5.31. The highest BCUT2D eigenvalue weighted by Crippen LogP contribution is 2.28. The van der Waals surface area contributed by atoms with E-state index in [0.29, 0.717) is 10.6 Å². The normalized spacial score (nSPS) is 15.2. The molecule has 0 spiro atoms. The Hall–Kier alpha value is -1.56. The Morgan fingerprint density at radius 3 is 2.60 bits per heavy atom. The van der Waals surface area contributed by atoms with Crippen LogP contribution in [0.5, 0.6) is 0 Å². The Balaban J connectivity index is 1.79. The van der Waals surface area contributed by atoms with Crippen LogP contribution in [0.25, 0.3) is 0 Å². The lowest BCUT2D eigenvalue weighted by Gasteiger charge is -2.36. The number of anilines is 2. The van der Waals surface area contributed by atoms with Gasteiger partial charge in [0, 0.05) is 30.7 Å². The maximum Gasteiger partial charge on any atom is 0.257 e. The van der Waals surface area contributed by atoms with Crippen molar-refractivity contribution in [2.75, 3.05) is 42.9 Å². The van der Waals surface area contributed by atoms with Crippen molar-refractivity contribution in [1.82, 2.24) is 4.90 Å². The molecule has 6 heteroatoms. The number of carbonyl (C=O) groups excluding carboxylic acids is 1. The van der Waals surface area contributed by atoms with Crippen LogP contribution in [0.4, 0.5) is 11.4 Å². The number of nitrogens with zero attached hydrogens (tertiary/aromatic N) is 2. The molecule has 3 rings (SSSR count). The van der Waals surface area contributed by atoms with Gasteiger partial charge in [0.2, 0.25) is 0 Å². The Labute approximate surface area is 161 Å². The Kier molecular flexibility index (Phi) is 5.99. The van der Waals surface area contributed by atoms with Crippen molar-refractivity contribution in [1.29, 1.82) is 0 Å². The Morgan fingerprint density at radius 2 is 1.88 bits per heavy atom. The van der Waals surface area contributed by atoms with Gasteiger partial charge in [-0.3, -0.25) is 4.79 Å². The summed E-state index contributed by atoms with van der Waals surface area (Å²) in [5, 5.41) is 3.46. The van der Waals surface area contributed by atoms with Crippen LogP contribution >= 0.6 is 27.5 Å². The number of likely N-dealkylation sites (N-methyl/N-ethyl adjacent to an activating group) is 1. The van der Waals surface area contributed by atoms with Crippen LogP contribution in [0, 0.1) is 0 Å². The van der Waals surface area contributed by atoms with Crippen LogP contribution in [0.3, 0.4) is 0 Å². The predicted octanol–water partition coefficient (Wildman–Crippen LogP) is 4.50. The van der Waals surface area contributed by atoms with Gasteiger partial charge >= 0.3 is 0 Å². The SMILES string of the molecule is CCN1CCN(c2ccccc2NC(=O)c2cc(Br)ccc2Cl)CC1. The Morgan fingerprint density at radius 1 is 1.16 bits per heavy atom. The number of amides is 1. The first-order chi connectivity index (χ1) is 12.1. The highest BCUT2D eigenvalue weighted by molar-refractivity contribution is 9.10. The second kappa shape index (κ2) is 8.21. The highest BCUT2D eigenvalue weighted by atomic mass is 79.9. The molecule has 0 bridgehead atoms. The topological polar surface area (TPSA) is 35.6 Å². The summed E-state index contributed by atoms with van der Waals surface area (Å²) in [7, 11) is 0. The third kappa shape index (κ3) is 4.35. The van der Waals surface area contributed by atoms with E-state index in [1.54, 1.807) is 12.1 Å². The summed E-state index contributed by atoms with van der Waals surface area (Å²) >= 11 is 9.57. The monoisotopic (exact) mass is 421 g/mol. The first-order valence-corrected chi connectivity index (χ1v) is 9.58. The second-order valence-corrected chi connectivity index (χ2v) is 7.34. The number of halogens is 2. The van der Waals surface area contributed by atoms with E-state index in [4.69, 9.17) is 11.6 Å². The molecule has 0 aliphatic carbocycles. The van der Waals surface area contributed by atoms with E-state index < -0.39 is 0 Å². The van der Waals surface area contributed by atoms with Gasteiger partial charge in [0.05, 0.1) is 22.0 Å². The molecule has 0 atom stereocenters. The van der Waals surface area contributed by atoms with Crippen molar-refractivity contribution in [2.45, 2.75) is 6.92 Å². The van der Waals surface area contributed by atoms with E-state index in [0.717, 1.165) is 48.6 Å². The van der Waals surface area contributed by atoms with Crippen LogP contribution in [-0.4, -0.2) is 43.5 Å². The number of hydrogen-bond donors (Lipinski definition) is 1. The van der Waals surface area contributed by atoms with E-state index in [2.05, 4.69) is 44.0 Å². The summed E-state index contributed by atoms with van der Waals surface area (Å²) < 4.78 is 0.825. The van der Waals surface area contributed by atoms with Gasteiger partial charge in [-0.1, -0.05) is 46.6 Å². The molecule has 1 aliphatic heterocycles. The predicted molar refractivity (Wildman–Crippen MR) is 108 cm³/mol. The molecule has 0 saturated carbocycles. The van der Waals surface area contributed by atoms with Gasteiger partial charge in [0.1, 0.15) is 0 Å². The number of benzene rings is 2. The fraction of sp³-hybridized carbons (Fsp3) is 0.316. The molecular weight excluding hydrogens is 402 g/mol. The van der Waals surface area contributed by atoms with Gasteiger partial charge in [-0.05, 0) is 36.9 Å². The molecule has 2 aromatic carbocycles. The summed E-state index contributed by atoms with van der Waals surface area (Å²) in [5.74, 6) is -0.203. The van der Waals surface area contributed by atoms with Crippen LogP contribution in [0.1, 0.15) is 17.3 Å². The molecule has 0 aromatic heterocycles. The number of rotatable bonds is 4. The number of piperazine rings is 1. The lowest BCUT2D eigenvalue weighted by atomic mass is 10.1. The zero-order valence-electron chi connectivity index (χ0n) is 14.1. The fourth-order valence-electron chi connectivity index (χ4n) is 3.02. The van der Waals surface area contributed by atoms with Crippen molar-refractivity contribution in [3.63, 3.8) is 0 Å². The standard InChI is InChI=1S/C19H21BrClN3O/c1-2-23-9-11-24(12-10-23)18-6-4-3-5-17(18)22-19(25)15-13-14(20)7-8-16(15)21/h3-8,13H,2,9-12H2,1H3,(H,22,25). The van der Waals surface area contributed by atoms with Crippen LogP contribution in [0.15, 0.2) is 46.9 Å². The van der Waals surface area contributed by atoms with E-state index in [-0.39, 0.29) is 5.91 Å². The number of carbonyl (C=O) groups is 1. The van der Waals surface area contributed by atoms with Gasteiger partial charge in [0.15, 0.2) is 0 Å². The first kappa shape index (κ1) is 18.2. The Bertz CT molecular complexity index is 760. The summed E-state index contributed by atoms with van der Waals surface area (Å²) in [6.07, 6.45) is 0. The molecule has 1 heterocycles. The van der Waals surface area contributed by atoms with E-state index in [1.165, 1.54) is 0 Å². The summed E-state index contributed by atoms with van der Waals surface area (Å²) in [6, 6.07) is 13.2. The maximum absolute atomic E-state index is 12.7. The smallest absolute Gasteiger partial charge is 0.257 e. The molecule has 1 N–H and O–H groups in total. The molecular formula is C19H21BrClN3O. The van der Waals surface area contributed by atoms with Gasteiger partial charge in [-0.2, -0.15) is 0 Å². The average Bonchev–Trinajstić information content (AvgIpc) is 2.64. The minimum Gasteiger partial charge on any atom is -0.367 e. The lowest BCUT2D eigenvalue weighted by molar-refractivity contribution is 0.102. The van der Waals surface area contributed by atoms with Gasteiger partial charge in [-0.15, -0.1) is 0 Å². The zero-order chi connectivity index (χ0) is 17.8. The van der Waals surface area contributed by atoms with E-state index >= 15 is 0 Å². The first-order valence-electron chi connectivity index (χ1n) is 8.41. The number of nitrogens with one attached hydrogen (secondary N) is 1. The molecule has 25 heavy (non-hydrogen) atoms. The minimum atomic E-state index is -0.203. The lowest BCUT2D eigenvalue weighted by Crippen LogP contribution is -2.46. The molecule has 2 aromatic rings. The maximum atomic E-state index is 12.7. The van der Waals surface area contributed by atoms with Crippen LogP contribution < -0.4 is 10.2 Å². The zero-order valence-corrected chi connectivity index (χ0v) is 16.5. The molecule has 132 valence electrons. The van der Waals surface area contributed by atoms with Gasteiger partial charge in [0.25, 0.3) is 5.91 Å². The summed E-state index contributed by atoms with van der Waals surface area (Å²) in [5.41, 5.74) is 2.33. The molecule has 0 radical (unpaired) electrons. The van der Waals surface area contributed by atoms with Crippen molar-refractivity contribution >= 4 is 44.8 Å². The molecule has 1 saturated heterocycles. The number of para-hydroxylation sites is 2. The van der Waals surface area contributed by atoms with Crippen molar-refractivity contribution < 1.29 is 4.79 Å². The molecule has 1 amide bonds. The summed E-state index contributed by atoms with van der Waals surface area (Å²) in [4.78, 5) is 17.4. The molecule has 4 nitrogen and oxygen atoms in total. The number of hydrogen-bond acceptors (Lipinski definition) is 3. The average molecular weight is 423 g/mol. The molecule has 1 fully saturated rings. The molecule has 0 unspecified atom stereocenters. The second-order valence-electron chi connectivity index (χ2n) is 6.02. The van der Waals surface area contributed by atoms with E-state index in [9.17, 15) is 4.79 Å². The minimum absolute atomic E-state index is 0.203. The van der Waals surface area contributed by atoms with Crippen molar-refractivity contribution in [3.05, 3.63) is 57.5 Å². The van der Waals surface area contributed by atoms with Gasteiger partial charge in [-0.25, -0.2) is 0 Å². The largest absolute Gasteiger partial charge is 0.367 e. The van der Waals surface area contributed by atoms with Crippen LogP contribution in [0.2, 0.25) is 5.02 Å². The quantitative estimate of drug-likeness (QED) is 0.788. The summed E-state index contributed by atoms with van der Waals surface area (Å²) in [6.45, 7) is 7.25. The molecule has 1 aliphatic rings. The van der Waals surface area contributed by atoms with Gasteiger partial charge < -0.3 is 15.1 Å².